The highest BCUT2D eigenvalue weighted by atomic mass is 16.1. The third-order valence-electron chi connectivity index (χ3n) is 6.61. The molecule has 1 fully saturated rings. The monoisotopic (exact) mass is 454 g/mol. The molecular formula is C27H30N6O. The molecule has 34 heavy (non-hydrogen) atoms. The van der Waals surface area contributed by atoms with E-state index in [2.05, 4.69) is 26.6 Å². The number of fused-ring (bicyclic) bond motifs is 1. The Morgan fingerprint density at radius 3 is 2.65 bits per heavy atom. The number of imidazole rings is 1. The highest BCUT2D eigenvalue weighted by molar-refractivity contribution is 6.04. The molecule has 0 unspecified atom stereocenters. The van der Waals surface area contributed by atoms with Gasteiger partial charge < -0.3 is 11.1 Å². The van der Waals surface area contributed by atoms with E-state index in [0.29, 0.717) is 23.1 Å². The molecule has 174 valence electrons. The molecule has 0 spiro atoms. The largest absolute Gasteiger partial charge is 0.382 e. The van der Waals surface area contributed by atoms with E-state index in [1.807, 2.05) is 42.6 Å². The van der Waals surface area contributed by atoms with E-state index >= 15 is 0 Å². The van der Waals surface area contributed by atoms with E-state index in [1.54, 1.807) is 12.4 Å². The number of nitrogen functional groups attached to an aromatic ring is 1. The number of aromatic nitrogens is 4. The van der Waals surface area contributed by atoms with Crippen LogP contribution in [0.3, 0.4) is 0 Å². The maximum absolute atomic E-state index is 12.8. The SMILES string of the molecule is CCCc1ccnc(NC(=O)c2ccc(-c3nc(C4CCCCC4)n4ccnc(N)c34)cc2)c1. The van der Waals surface area contributed by atoms with Crippen LogP contribution in [-0.4, -0.2) is 25.3 Å². The summed E-state index contributed by atoms with van der Waals surface area (Å²) in [6.07, 6.45) is 13.5. The van der Waals surface area contributed by atoms with E-state index in [9.17, 15) is 4.79 Å². The summed E-state index contributed by atoms with van der Waals surface area (Å²) in [6.45, 7) is 2.13. The van der Waals surface area contributed by atoms with Crippen molar-refractivity contribution >= 4 is 23.1 Å². The lowest BCUT2D eigenvalue weighted by molar-refractivity contribution is 0.102. The van der Waals surface area contributed by atoms with E-state index in [-0.39, 0.29) is 5.91 Å². The quantitative estimate of drug-likeness (QED) is 0.394. The Labute approximate surface area is 199 Å². The minimum absolute atomic E-state index is 0.188. The number of carbonyl (C=O) groups excluding carboxylic acids is 1. The number of nitrogens with two attached hydrogens (primary N) is 1. The molecule has 1 aromatic carbocycles. The van der Waals surface area contributed by atoms with Crippen molar-refractivity contribution in [3.05, 3.63) is 71.9 Å². The highest BCUT2D eigenvalue weighted by Crippen LogP contribution is 2.36. The molecule has 1 aliphatic rings. The maximum Gasteiger partial charge on any atom is 0.256 e. The van der Waals surface area contributed by atoms with Crippen molar-refractivity contribution < 1.29 is 4.79 Å². The summed E-state index contributed by atoms with van der Waals surface area (Å²) in [5.74, 6) is 2.32. The molecule has 4 aromatic rings. The number of nitrogens with one attached hydrogen (secondary N) is 1. The number of benzene rings is 1. The van der Waals surface area contributed by atoms with E-state index in [4.69, 9.17) is 10.7 Å². The molecular weight excluding hydrogens is 424 g/mol. The van der Waals surface area contributed by atoms with Gasteiger partial charge in [-0.2, -0.15) is 0 Å². The topological polar surface area (TPSA) is 98.2 Å². The van der Waals surface area contributed by atoms with Crippen molar-refractivity contribution in [2.75, 3.05) is 11.1 Å². The fourth-order valence-corrected chi connectivity index (χ4v) is 4.89. The van der Waals surface area contributed by atoms with Crippen LogP contribution in [0, 0.1) is 0 Å². The van der Waals surface area contributed by atoms with Crippen molar-refractivity contribution in [1.82, 2.24) is 19.4 Å². The second-order valence-corrected chi connectivity index (χ2v) is 9.02. The first-order valence-electron chi connectivity index (χ1n) is 12.1. The zero-order valence-electron chi connectivity index (χ0n) is 19.5. The fraction of sp³-hybridized carbons (Fsp3) is 0.333. The van der Waals surface area contributed by atoms with Crippen LogP contribution in [0.15, 0.2) is 55.0 Å². The molecule has 0 aliphatic heterocycles. The minimum atomic E-state index is -0.188. The van der Waals surface area contributed by atoms with Crippen LogP contribution in [-0.2, 0) is 6.42 Å². The summed E-state index contributed by atoms with van der Waals surface area (Å²) < 4.78 is 2.10. The van der Waals surface area contributed by atoms with Crippen molar-refractivity contribution in [3.8, 4) is 11.3 Å². The van der Waals surface area contributed by atoms with Gasteiger partial charge in [0.15, 0.2) is 0 Å². The van der Waals surface area contributed by atoms with Crippen molar-refractivity contribution in [3.63, 3.8) is 0 Å². The lowest BCUT2D eigenvalue weighted by Crippen LogP contribution is -2.13. The Kier molecular flexibility index (Phi) is 6.25. The van der Waals surface area contributed by atoms with Gasteiger partial charge in [0.1, 0.15) is 28.7 Å². The predicted octanol–water partition coefficient (Wildman–Crippen LogP) is 5.63. The van der Waals surface area contributed by atoms with Gasteiger partial charge in [-0.1, -0.05) is 44.7 Å². The van der Waals surface area contributed by atoms with Crippen LogP contribution in [0.1, 0.15) is 73.1 Å². The minimum Gasteiger partial charge on any atom is -0.382 e. The Hall–Kier alpha value is -3.74. The molecule has 5 rings (SSSR count). The van der Waals surface area contributed by atoms with Gasteiger partial charge in [0, 0.05) is 35.6 Å². The number of hydrogen-bond donors (Lipinski definition) is 2. The number of rotatable bonds is 6. The number of carbonyl (C=O) groups is 1. The Balaban J connectivity index is 1.42. The average Bonchev–Trinajstić information content (AvgIpc) is 3.26. The van der Waals surface area contributed by atoms with Gasteiger partial charge in [-0.25, -0.2) is 15.0 Å². The van der Waals surface area contributed by atoms with E-state index in [1.165, 1.54) is 19.3 Å². The molecule has 0 atom stereocenters. The van der Waals surface area contributed by atoms with Gasteiger partial charge >= 0.3 is 0 Å². The van der Waals surface area contributed by atoms with E-state index in [0.717, 1.165) is 53.8 Å². The molecule has 0 radical (unpaired) electrons. The van der Waals surface area contributed by atoms with Gasteiger partial charge in [-0.3, -0.25) is 9.20 Å². The van der Waals surface area contributed by atoms with Crippen molar-refractivity contribution in [2.24, 2.45) is 0 Å². The Morgan fingerprint density at radius 1 is 1.09 bits per heavy atom. The average molecular weight is 455 g/mol. The summed E-state index contributed by atoms with van der Waals surface area (Å²) in [6, 6.07) is 11.4. The number of aryl methyl sites for hydroxylation is 1. The molecule has 1 saturated carbocycles. The molecule has 0 bridgehead atoms. The first-order valence-corrected chi connectivity index (χ1v) is 12.1. The third kappa shape index (κ3) is 4.38. The summed E-state index contributed by atoms with van der Waals surface area (Å²) in [4.78, 5) is 26.4. The summed E-state index contributed by atoms with van der Waals surface area (Å²) in [7, 11) is 0. The number of hydrogen-bond acceptors (Lipinski definition) is 5. The van der Waals surface area contributed by atoms with Crippen LogP contribution < -0.4 is 11.1 Å². The summed E-state index contributed by atoms with van der Waals surface area (Å²) in [5, 5.41) is 2.90. The third-order valence-corrected chi connectivity index (χ3v) is 6.61. The molecule has 7 nitrogen and oxygen atoms in total. The molecule has 0 saturated heterocycles. The maximum atomic E-state index is 12.8. The number of anilines is 2. The summed E-state index contributed by atoms with van der Waals surface area (Å²) in [5.41, 5.74) is 10.6. The predicted molar refractivity (Wildman–Crippen MR) is 135 cm³/mol. The number of amides is 1. The highest BCUT2D eigenvalue weighted by Gasteiger charge is 2.24. The van der Waals surface area contributed by atoms with Crippen molar-refractivity contribution in [2.45, 2.75) is 57.8 Å². The second-order valence-electron chi connectivity index (χ2n) is 9.02. The van der Waals surface area contributed by atoms with Crippen LogP contribution >= 0.6 is 0 Å². The van der Waals surface area contributed by atoms with Crippen LogP contribution in [0.25, 0.3) is 16.8 Å². The van der Waals surface area contributed by atoms with Crippen LogP contribution in [0.4, 0.5) is 11.6 Å². The van der Waals surface area contributed by atoms with Crippen LogP contribution in [0.5, 0.6) is 0 Å². The second kappa shape index (κ2) is 9.63. The normalized spacial score (nSPS) is 14.4. The van der Waals surface area contributed by atoms with Gasteiger partial charge in [0.2, 0.25) is 0 Å². The van der Waals surface area contributed by atoms with Crippen LogP contribution in [0.2, 0.25) is 0 Å². The lowest BCUT2D eigenvalue weighted by Gasteiger charge is -2.20. The zero-order chi connectivity index (χ0) is 23.5. The Morgan fingerprint density at radius 2 is 1.88 bits per heavy atom. The molecule has 3 N–H and O–H groups in total. The van der Waals surface area contributed by atoms with E-state index < -0.39 is 0 Å². The molecule has 3 heterocycles. The van der Waals surface area contributed by atoms with Gasteiger partial charge in [0.05, 0.1) is 0 Å². The smallest absolute Gasteiger partial charge is 0.256 e. The summed E-state index contributed by atoms with van der Waals surface area (Å²) >= 11 is 0. The fourth-order valence-electron chi connectivity index (χ4n) is 4.89. The molecule has 3 aromatic heterocycles. The van der Waals surface area contributed by atoms with Crippen molar-refractivity contribution in [1.29, 1.82) is 0 Å². The van der Waals surface area contributed by atoms with Gasteiger partial charge in [0.25, 0.3) is 5.91 Å². The molecule has 1 aliphatic carbocycles. The molecule has 7 heteroatoms. The van der Waals surface area contributed by atoms with Gasteiger partial charge in [-0.15, -0.1) is 0 Å². The first kappa shape index (κ1) is 22.1. The molecule has 1 amide bonds. The number of pyridine rings is 1. The number of nitrogens with zero attached hydrogens (tertiary/aromatic N) is 4. The first-order chi connectivity index (χ1) is 16.6. The Bertz CT molecular complexity index is 1300. The standard InChI is InChI=1S/C27H30N6O/c1-2-6-18-13-14-29-22(17-18)31-27(34)21-11-9-19(10-12-21)23-24-25(28)30-15-16-33(24)26(32-23)20-7-4-3-5-8-20/h9-17,20H,2-8H2,1H3,(H2,28,30)(H,29,31,34). The van der Waals surface area contributed by atoms with Gasteiger partial charge in [-0.05, 0) is 49.1 Å². The lowest BCUT2D eigenvalue weighted by atomic mass is 9.89. The zero-order valence-corrected chi connectivity index (χ0v) is 19.5.